The number of hydrogen-bond donors (Lipinski definition) is 0. The largest absolute Gasteiger partial charge is 0.347 e. The Morgan fingerprint density at radius 3 is 2.39 bits per heavy atom. The Hall–Kier alpha value is -2.39. The van der Waals surface area contributed by atoms with Crippen molar-refractivity contribution < 1.29 is 19.1 Å². The summed E-state index contributed by atoms with van der Waals surface area (Å²) in [6, 6.07) is 15.7. The first-order valence-electron chi connectivity index (χ1n) is 11.5. The zero-order valence-electron chi connectivity index (χ0n) is 18.7. The van der Waals surface area contributed by atoms with Crippen LogP contribution in [0.25, 0.3) is 0 Å². The standard InChI is InChI=1S/C25H27N3O4S/c1-18-6-8-19(9-7-18)28-22(29)16-33-25(28)20-4-2-3-5-21(20)27(23(25)30)17-26-12-10-24(11-13-26)31-14-15-32-24/h2-9H,10-17H2,1H3/t25-/m1/s1. The Morgan fingerprint density at radius 2 is 1.67 bits per heavy atom. The molecule has 0 unspecified atom stereocenters. The van der Waals surface area contributed by atoms with E-state index in [1.807, 2.05) is 60.4 Å². The lowest BCUT2D eigenvalue weighted by Gasteiger charge is -2.39. The van der Waals surface area contributed by atoms with Gasteiger partial charge in [0.25, 0.3) is 5.91 Å². The molecule has 8 heteroatoms. The number of piperidine rings is 1. The van der Waals surface area contributed by atoms with Crippen molar-refractivity contribution in [3.8, 4) is 0 Å². The van der Waals surface area contributed by atoms with Gasteiger partial charge in [-0.1, -0.05) is 35.9 Å². The highest BCUT2D eigenvalue weighted by atomic mass is 32.2. The quantitative estimate of drug-likeness (QED) is 0.694. The zero-order chi connectivity index (χ0) is 22.6. The Balaban J connectivity index is 1.32. The third-order valence-electron chi connectivity index (χ3n) is 7.13. The summed E-state index contributed by atoms with van der Waals surface area (Å²) in [5.41, 5.74) is 3.65. The van der Waals surface area contributed by atoms with Crippen LogP contribution in [-0.4, -0.2) is 61.2 Å². The van der Waals surface area contributed by atoms with Crippen molar-refractivity contribution in [2.75, 3.05) is 48.5 Å². The van der Waals surface area contributed by atoms with Crippen LogP contribution < -0.4 is 9.80 Å². The topological polar surface area (TPSA) is 62.3 Å². The number of amides is 2. The summed E-state index contributed by atoms with van der Waals surface area (Å²) in [5.74, 6) is -0.248. The second-order valence-electron chi connectivity index (χ2n) is 9.11. The number of nitrogens with zero attached hydrogens (tertiary/aromatic N) is 3. The number of carbonyl (C=O) groups is 2. The smallest absolute Gasteiger partial charge is 0.269 e. The fourth-order valence-corrected chi connectivity index (χ4v) is 6.77. The van der Waals surface area contributed by atoms with Crippen molar-refractivity contribution in [3.05, 3.63) is 59.7 Å². The number of benzene rings is 2. The summed E-state index contributed by atoms with van der Waals surface area (Å²) in [4.78, 5) is 32.0. The zero-order valence-corrected chi connectivity index (χ0v) is 19.5. The van der Waals surface area contributed by atoms with E-state index in [4.69, 9.17) is 9.47 Å². The average molecular weight is 466 g/mol. The second kappa shape index (κ2) is 7.84. The third kappa shape index (κ3) is 3.23. The molecule has 3 fully saturated rings. The van der Waals surface area contributed by atoms with Crippen LogP contribution in [0.5, 0.6) is 0 Å². The molecular formula is C25H27N3O4S. The van der Waals surface area contributed by atoms with Gasteiger partial charge in [0.05, 0.1) is 31.3 Å². The Morgan fingerprint density at radius 1 is 0.970 bits per heavy atom. The Labute approximate surface area is 197 Å². The molecule has 4 heterocycles. The van der Waals surface area contributed by atoms with Gasteiger partial charge in [-0.05, 0) is 25.1 Å². The molecule has 33 heavy (non-hydrogen) atoms. The highest BCUT2D eigenvalue weighted by molar-refractivity contribution is 8.02. The first-order valence-corrected chi connectivity index (χ1v) is 12.5. The molecule has 0 N–H and O–H groups in total. The molecule has 2 spiro atoms. The van der Waals surface area contributed by atoms with Crippen molar-refractivity contribution in [2.24, 2.45) is 0 Å². The van der Waals surface area contributed by atoms with Crippen LogP contribution in [0, 0.1) is 6.92 Å². The van der Waals surface area contributed by atoms with Crippen LogP contribution in [-0.2, 0) is 23.9 Å². The molecule has 172 valence electrons. The van der Waals surface area contributed by atoms with E-state index < -0.39 is 10.7 Å². The predicted molar refractivity (Wildman–Crippen MR) is 127 cm³/mol. The molecular weight excluding hydrogens is 438 g/mol. The molecule has 0 aromatic heterocycles. The first-order chi connectivity index (χ1) is 16.0. The summed E-state index contributed by atoms with van der Waals surface area (Å²) >= 11 is 1.43. The number of rotatable bonds is 3. The molecule has 0 aliphatic carbocycles. The average Bonchev–Trinajstić information content (AvgIpc) is 3.49. The van der Waals surface area contributed by atoms with Crippen LogP contribution in [0.15, 0.2) is 48.5 Å². The lowest BCUT2D eigenvalue weighted by Crippen LogP contribution is -2.53. The highest BCUT2D eigenvalue weighted by Crippen LogP contribution is 2.55. The summed E-state index contributed by atoms with van der Waals surface area (Å²) in [7, 11) is 0. The fourth-order valence-electron chi connectivity index (χ4n) is 5.41. The number of thioether (sulfide) groups is 1. The van der Waals surface area contributed by atoms with Crippen LogP contribution in [0.4, 0.5) is 11.4 Å². The second-order valence-corrected chi connectivity index (χ2v) is 10.3. The van der Waals surface area contributed by atoms with E-state index in [-0.39, 0.29) is 17.6 Å². The number of aryl methyl sites for hydroxylation is 1. The molecule has 0 bridgehead atoms. The molecule has 1 atom stereocenters. The number of anilines is 2. The molecule has 0 saturated carbocycles. The molecule has 3 saturated heterocycles. The van der Waals surface area contributed by atoms with Crippen molar-refractivity contribution in [2.45, 2.75) is 30.4 Å². The van der Waals surface area contributed by atoms with Gasteiger partial charge in [0.1, 0.15) is 0 Å². The van der Waals surface area contributed by atoms with Gasteiger partial charge in [0, 0.05) is 37.2 Å². The maximum Gasteiger partial charge on any atom is 0.269 e. The van der Waals surface area contributed by atoms with Gasteiger partial charge in [-0.2, -0.15) is 0 Å². The van der Waals surface area contributed by atoms with Crippen LogP contribution in [0.1, 0.15) is 24.0 Å². The highest BCUT2D eigenvalue weighted by Gasteiger charge is 2.61. The van der Waals surface area contributed by atoms with E-state index in [2.05, 4.69) is 4.90 Å². The van der Waals surface area contributed by atoms with Gasteiger partial charge in [0.2, 0.25) is 10.8 Å². The number of hydrogen-bond acceptors (Lipinski definition) is 6. The monoisotopic (exact) mass is 465 g/mol. The van der Waals surface area contributed by atoms with E-state index in [1.54, 1.807) is 4.90 Å². The van der Waals surface area contributed by atoms with Gasteiger partial charge in [-0.25, -0.2) is 0 Å². The van der Waals surface area contributed by atoms with Crippen molar-refractivity contribution >= 4 is 35.0 Å². The fraction of sp³-hybridized carbons (Fsp3) is 0.440. The van der Waals surface area contributed by atoms with E-state index in [1.165, 1.54) is 11.8 Å². The molecule has 7 nitrogen and oxygen atoms in total. The summed E-state index contributed by atoms with van der Waals surface area (Å²) < 4.78 is 11.7. The molecule has 2 aromatic carbocycles. The van der Waals surface area contributed by atoms with Crippen LogP contribution in [0.2, 0.25) is 0 Å². The minimum Gasteiger partial charge on any atom is -0.347 e. The van der Waals surface area contributed by atoms with Gasteiger partial charge >= 0.3 is 0 Å². The predicted octanol–water partition coefficient (Wildman–Crippen LogP) is 3.07. The summed E-state index contributed by atoms with van der Waals surface area (Å²) in [6.45, 7) is 5.41. The Bertz CT molecular complexity index is 1090. The minimum absolute atomic E-state index is 0.0377. The van der Waals surface area contributed by atoms with Gasteiger partial charge < -0.3 is 9.47 Å². The number of likely N-dealkylation sites (tertiary alicyclic amines) is 1. The van der Waals surface area contributed by atoms with E-state index in [0.29, 0.717) is 19.9 Å². The van der Waals surface area contributed by atoms with E-state index in [0.717, 1.165) is 48.4 Å². The summed E-state index contributed by atoms with van der Waals surface area (Å²) in [6.07, 6.45) is 1.59. The minimum atomic E-state index is -1.06. The molecule has 4 aliphatic rings. The molecule has 0 radical (unpaired) electrons. The molecule has 2 aromatic rings. The maximum atomic E-state index is 14.1. The van der Waals surface area contributed by atoms with Crippen molar-refractivity contribution in [3.63, 3.8) is 0 Å². The summed E-state index contributed by atoms with van der Waals surface area (Å²) in [5, 5.41) is 0. The Kier molecular flexibility index (Phi) is 5.03. The van der Waals surface area contributed by atoms with Gasteiger partial charge in [-0.3, -0.25) is 24.3 Å². The van der Waals surface area contributed by atoms with Crippen molar-refractivity contribution in [1.29, 1.82) is 0 Å². The molecule has 6 rings (SSSR count). The first kappa shape index (κ1) is 21.2. The number of fused-ring (bicyclic) bond motifs is 2. The molecule has 2 amide bonds. The maximum absolute atomic E-state index is 14.1. The van der Waals surface area contributed by atoms with E-state index in [9.17, 15) is 9.59 Å². The lowest BCUT2D eigenvalue weighted by atomic mass is 10.0. The SMILES string of the molecule is Cc1ccc(N2C(=O)CS[C@]23C(=O)N(CN2CCC4(CC2)OCCO4)c2ccccc23)cc1. The number of carbonyl (C=O) groups excluding carboxylic acids is 2. The van der Waals surface area contributed by atoms with Crippen molar-refractivity contribution in [1.82, 2.24) is 4.90 Å². The van der Waals surface area contributed by atoms with Crippen LogP contribution >= 0.6 is 11.8 Å². The van der Waals surface area contributed by atoms with E-state index >= 15 is 0 Å². The third-order valence-corrected chi connectivity index (χ3v) is 8.51. The number of ether oxygens (including phenoxy) is 2. The normalized spacial score (nSPS) is 26.7. The van der Waals surface area contributed by atoms with Crippen LogP contribution in [0.3, 0.4) is 0 Å². The number of para-hydroxylation sites is 1. The lowest BCUT2D eigenvalue weighted by molar-refractivity contribution is -0.185. The van der Waals surface area contributed by atoms with Gasteiger partial charge in [0.15, 0.2) is 5.79 Å². The van der Waals surface area contributed by atoms with Gasteiger partial charge in [-0.15, -0.1) is 11.8 Å². The molecule has 4 aliphatic heterocycles.